The van der Waals surface area contributed by atoms with Crippen molar-refractivity contribution in [3.05, 3.63) is 53.0 Å². The topological polar surface area (TPSA) is 58.4 Å². The van der Waals surface area contributed by atoms with Gasteiger partial charge in [0.2, 0.25) is 0 Å². The molecule has 0 bridgehead atoms. The summed E-state index contributed by atoms with van der Waals surface area (Å²) >= 11 is 5.30. The Balaban J connectivity index is 2.09. The maximum absolute atomic E-state index is 12.8. The van der Waals surface area contributed by atoms with Crippen LogP contribution in [0, 0.1) is 13.8 Å². The predicted octanol–water partition coefficient (Wildman–Crippen LogP) is 2.87. The molecule has 0 unspecified atom stereocenters. The maximum atomic E-state index is 12.8. The van der Waals surface area contributed by atoms with E-state index in [0.29, 0.717) is 13.1 Å². The zero-order valence-corrected chi connectivity index (χ0v) is 16.7. The lowest BCUT2D eigenvalue weighted by Gasteiger charge is -2.35. The molecule has 0 atom stereocenters. The Morgan fingerprint density at radius 1 is 1.07 bits per heavy atom. The van der Waals surface area contributed by atoms with Gasteiger partial charge in [0.1, 0.15) is 11.4 Å². The van der Waals surface area contributed by atoms with E-state index in [1.54, 1.807) is 12.3 Å². The molecule has 0 aromatic carbocycles. The highest BCUT2D eigenvalue weighted by Crippen LogP contribution is 2.25. The molecule has 27 heavy (non-hydrogen) atoms. The number of amides is 2. The van der Waals surface area contributed by atoms with Gasteiger partial charge in [-0.1, -0.05) is 6.07 Å². The number of hydrogen-bond donors (Lipinski definition) is 0. The minimum absolute atomic E-state index is 0.133. The van der Waals surface area contributed by atoms with E-state index in [2.05, 4.69) is 4.98 Å². The van der Waals surface area contributed by atoms with Gasteiger partial charge in [-0.2, -0.15) is 0 Å². The van der Waals surface area contributed by atoms with Crippen LogP contribution in [-0.2, 0) is 9.59 Å². The normalized spacial score (nSPS) is 15.0. The smallest absolute Gasteiger partial charge is 0.265 e. The Morgan fingerprint density at radius 3 is 2.22 bits per heavy atom. The molecule has 2 aromatic heterocycles. The molecule has 2 aromatic rings. The van der Waals surface area contributed by atoms with Gasteiger partial charge in [0, 0.05) is 30.7 Å². The SMILES string of the molecule is CCN1C(=O)C(=Cc2cc(C)n(-c3ccccn3)c2C)C(=O)N(CC)C1=S. The molecule has 6 nitrogen and oxygen atoms in total. The minimum Gasteiger partial charge on any atom is -0.303 e. The van der Waals surface area contributed by atoms with E-state index in [4.69, 9.17) is 12.2 Å². The molecule has 0 aliphatic carbocycles. The molecular weight excluding hydrogens is 360 g/mol. The fraction of sp³-hybridized carbons (Fsp3) is 0.300. The number of carbonyl (C=O) groups is 2. The zero-order valence-electron chi connectivity index (χ0n) is 15.9. The minimum atomic E-state index is -0.347. The highest BCUT2D eigenvalue weighted by Gasteiger charge is 2.38. The van der Waals surface area contributed by atoms with Crippen LogP contribution in [0.15, 0.2) is 36.0 Å². The first-order valence-electron chi connectivity index (χ1n) is 8.90. The molecule has 1 aliphatic rings. The summed E-state index contributed by atoms with van der Waals surface area (Å²) in [5.41, 5.74) is 2.84. The average molecular weight is 382 g/mol. The number of nitrogens with zero attached hydrogens (tertiary/aromatic N) is 4. The zero-order chi connectivity index (χ0) is 19.7. The summed E-state index contributed by atoms with van der Waals surface area (Å²) in [6.07, 6.45) is 3.40. The first kappa shape index (κ1) is 19.0. The Labute approximate surface area is 164 Å². The van der Waals surface area contributed by atoms with E-state index in [9.17, 15) is 9.59 Å². The average Bonchev–Trinajstić information content (AvgIpc) is 2.93. The molecule has 7 heteroatoms. The molecule has 3 heterocycles. The third kappa shape index (κ3) is 3.19. The summed E-state index contributed by atoms with van der Waals surface area (Å²) in [6, 6.07) is 7.66. The third-order valence-electron chi connectivity index (χ3n) is 4.69. The number of aryl methyl sites for hydroxylation is 1. The van der Waals surface area contributed by atoms with Crippen LogP contribution in [0.1, 0.15) is 30.8 Å². The largest absolute Gasteiger partial charge is 0.303 e. The van der Waals surface area contributed by atoms with Gasteiger partial charge in [-0.15, -0.1) is 0 Å². The molecule has 1 saturated heterocycles. The van der Waals surface area contributed by atoms with Crippen molar-refractivity contribution in [1.29, 1.82) is 0 Å². The second kappa shape index (κ2) is 7.44. The molecule has 140 valence electrons. The Morgan fingerprint density at radius 2 is 1.70 bits per heavy atom. The number of rotatable bonds is 4. The summed E-state index contributed by atoms with van der Waals surface area (Å²) in [5, 5.41) is 0.270. The van der Waals surface area contributed by atoms with Gasteiger partial charge in [-0.3, -0.25) is 19.4 Å². The summed E-state index contributed by atoms with van der Waals surface area (Å²) in [6.45, 7) is 8.46. The highest BCUT2D eigenvalue weighted by atomic mass is 32.1. The summed E-state index contributed by atoms with van der Waals surface area (Å²) in [4.78, 5) is 33.0. The van der Waals surface area contributed by atoms with E-state index in [1.165, 1.54) is 9.80 Å². The number of carbonyl (C=O) groups excluding carboxylic acids is 2. The van der Waals surface area contributed by atoms with Crippen LogP contribution in [0.2, 0.25) is 0 Å². The predicted molar refractivity (Wildman–Crippen MR) is 108 cm³/mol. The number of aromatic nitrogens is 2. The van der Waals surface area contributed by atoms with Crippen LogP contribution < -0.4 is 0 Å². The number of hydrogen-bond acceptors (Lipinski definition) is 4. The van der Waals surface area contributed by atoms with Crippen LogP contribution in [0.3, 0.4) is 0 Å². The first-order valence-corrected chi connectivity index (χ1v) is 9.31. The lowest BCUT2D eigenvalue weighted by Crippen LogP contribution is -2.55. The van der Waals surface area contributed by atoms with Gasteiger partial charge in [0.25, 0.3) is 11.8 Å². The van der Waals surface area contributed by atoms with Crippen LogP contribution in [-0.4, -0.2) is 49.4 Å². The monoisotopic (exact) mass is 382 g/mol. The van der Waals surface area contributed by atoms with Gasteiger partial charge in [-0.05, 0) is 69.8 Å². The van der Waals surface area contributed by atoms with E-state index in [0.717, 1.165) is 22.8 Å². The van der Waals surface area contributed by atoms with Gasteiger partial charge in [0.05, 0.1) is 0 Å². The molecule has 1 aliphatic heterocycles. The Hall–Kier alpha value is -2.80. The molecule has 3 rings (SSSR count). The van der Waals surface area contributed by atoms with Crippen molar-refractivity contribution < 1.29 is 9.59 Å². The Bertz CT molecular complexity index is 918. The van der Waals surface area contributed by atoms with Gasteiger partial charge < -0.3 is 4.57 Å². The quantitative estimate of drug-likeness (QED) is 0.464. The van der Waals surface area contributed by atoms with Gasteiger partial charge in [-0.25, -0.2) is 4.98 Å². The molecule has 0 spiro atoms. The van der Waals surface area contributed by atoms with Gasteiger partial charge >= 0.3 is 0 Å². The van der Waals surface area contributed by atoms with Crippen LogP contribution in [0.25, 0.3) is 11.9 Å². The maximum Gasteiger partial charge on any atom is 0.265 e. The molecule has 2 amide bonds. The molecule has 0 saturated carbocycles. The lowest BCUT2D eigenvalue weighted by atomic mass is 10.1. The summed E-state index contributed by atoms with van der Waals surface area (Å²) in [5.74, 6) is 0.102. The molecule has 0 radical (unpaired) electrons. The van der Waals surface area contributed by atoms with Crippen molar-refractivity contribution in [3.63, 3.8) is 0 Å². The van der Waals surface area contributed by atoms with E-state index in [1.807, 2.05) is 56.5 Å². The lowest BCUT2D eigenvalue weighted by molar-refractivity contribution is -0.133. The van der Waals surface area contributed by atoms with Gasteiger partial charge in [0.15, 0.2) is 5.11 Å². The van der Waals surface area contributed by atoms with Crippen LogP contribution in [0.5, 0.6) is 0 Å². The van der Waals surface area contributed by atoms with Crippen molar-refractivity contribution in [2.24, 2.45) is 0 Å². The van der Waals surface area contributed by atoms with Crippen molar-refractivity contribution in [2.45, 2.75) is 27.7 Å². The molecule has 1 fully saturated rings. The fourth-order valence-electron chi connectivity index (χ4n) is 3.31. The number of likely N-dealkylation sites (N-methyl/N-ethyl adjacent to an activating group) is 2. The molecule has 0 N–H and O–H groups in total. The second-order valence-corrected chi connectivity index (χ2v) is 6.65. The Kier molecular flexibility index (Phi) is 5.23. The standard InChI is InChI=1S/C20H22N4O2S/c1-5-22-18(25)16(19(26)23(6-2)20(22)27)12-15-11-13(3)24(14(15)4)17-9-7-8-10-21-17/h7-12H,5-6H2,1-4H3. The second-order valence-electron chi connectivity index (χ2n) is 6.29. The van der Waals surface area contributed by atoms with Crippen molar-refractivity contribution in [2.75, 3.05) is 13.1 Å². The number of pyridine rings is 1. The van der Waals surface area contributed by atoms with Crippen LogP contribution in [0.4, 0.5) is 0 Å². The van der Waals surface area contributed by atoms with E-state index >= 15 is 0 Å². The highest BCUT2D eigenvalue weighted by molar-refractivity contribution is 7.80. The summed E-state index contributed by atoms with van der Waals surface area (Å²) < 4.78 is 2.00. The third-order valence-corrected chi connectivity index (χ3v) is 5.13. The molecular formula is C20H22N4O2S. The van der Waals surface area contributed by atoms with Crippen molar-refractivity contribution >= 4 is 35.2 Å². The van der Waals surface area contributed by atoms with Crippen molar-refractivity contribution in [3.8, 4) is 5.82 Å². The van der Waals surface area contributed by atoms with E-state index < -0.39 is 0 Å². The van der Waals surface area contributed by atoms with E-state index in [-0.39, 0.29) is 22.5 Å². The first-order chi connectivity index (χ1) is 12.9. The number of thiocarbonyl (C=S) groups is 1. The fourth-order valence-corrected chi connectivity index (χ4v) is 3.73. The van der Waals surface area contributed by atoms with Crippen LogP contribution >= 0.6 is 12.2 Å². The van der Waals surface area contributed by atoms with Crippen molar-refractivity contribution in [1.82, 2.24) is 19.4 Å². The summed E-state index contributed by atoms with van der Waals surface area (Å²) in [7, 11) is 0.